The first-order valence-corrected chi connectivity index (χ1v) is 10.2. The molecule has 2 N–H and O–H groups in total. The minimum atomic E-state index is -0.459. The summed E-state index contributed by atoms with van der Waals surface area (Å²) < 4.78 is 5.15. The van der Waals surface area contributed by atoms with E-state index in [-0.39, 0.29) is 12.1 Å². The van der Waals surface area contributed by atoms with Crippen LogP contribution in [-0.2, 0) is 4.74 Å². The number of carbonyl (C=O) groups is 1. The first-order chi connectivity index (χ1) is 14.1. The van der Waals surface area contributed by atoms with Crippen LogP contribution in [0.2, 0.25) is 0 Å². The number of benzene rings is 2. The maximum Gasteiger partial charge on any atom is 0.409 e. The topological polar surface area (TPSA) is 74.2 Å². The lowest BCUT2D eigenvalue weighted by Gasteiger charge is -2.45. The molecular weight excluding hydrogens is 366 g/mol. The third-order valence-electron chi connectivity index (χ3n) is 5.73. The lowest BCUT2D eigenvalue weighted by atomic mass is 9.87. The van der Waals surface area contributed by atoms with Crippen LogP contribution in [0, 0.1) is 0 Å². The van der Waals surface area contributed by atoms with E-state index in [9.17, 15) is 9.90 Å². The Kier molecular flexibility index (Phi) is 5.53. The molecule has 1 atom stereocenters. The van der Waals surface area contributed by atoms with E-state index in [1.54, 1.807) is 11.0 Å². The van der Waals surface area contributed by atoms with E-state index in [1.165, 1.54) is 0 Å². The van der Waals surface area contributed by atoms with Gasteiger partial charge in [-0.15, -0.1) is 0 Å². The molecule has 4 rings (SSSR count). The minimum Gasteiger partial charge on any atom is -0.508 e. The predicted octanol–water partition coefficient (Wildman–Crippen LogP) is 3.86. The largest absolute Gasteiger partial charge is 0.508 e. The van der Waals surface area contributed by atoms with Crippen LogP contribution in [0.1, 0.15) is 43.4 Å². The average Bonchev–Trinajstić information content (AvgIpc) is 2.75. The molecule has 1 spiro atoms. The van der Waals surface area contributed by atoms with E-state index in [1.807, 2.05) is 43.3 Å². The van der Waals surface area contributed by atoms with Crippen molar-refractivity contribution in [1.82, 2.24) is 10.2 Å². The molecule has 29 heavy (non-hydrogen) atoms. The lowest BCUT2D eigenvalue weighted by molar-refractivity contribution is 0.0778. The average molecular weight is 393 g/mol. The molecule has 1 saturated heterocycles. The lowest BCUT2D eigenvalue weighted by Crippen LogP contribution is -2.56. The van der Waals surface area contributed by atoms with Gasteiger partial charge in [-0.1, -0.05) is 48.5 Å². The maximum atomic E-state index is 12.1. The molecular formula is C23H27N3O3. The van der Waals surface area contributed by atoms with Crippen molar-refractivity contribution in [2.24, 2.45) is 4.99 Å². The van der Waals surface area contributed by atoms with Gasteiger partial charge < -0.3 is 14.7 Å². The van der Waals surface area contributed by atoms with Crippen molar-refractivity contribution in [2.75, 3.05) is 19.7 Å². The van der Waals surface area contributed by atoms with Gasteiger partial charge in [-0.25, -0.2) is 4.79 Å². The van der Waals surface area contributed by atoms with Crippen LogP contribution in [0.4, 0.5) is 4.79 Å². The fraction of sp³-hybridized carbons (Fsp3) is 0.391. The molecule has 2 aliphatic rings. The van der Waals surface area contributed by atoms with Gasteiger partial charge in [0, 0.05) is 49.7 Å². The van der Waals surface area contributed by atoms with Crippen molar-refractivity contribution in [1.29, 1.82) is 0 Å². The summed E-state index contributed by atoms with van der Waals surface area (Å²) in [6.07, 6.45) is 1.84. The van der Waals surface area contributed by atoms with Crippen LogP contribution in [0.3, 0.4) is 0 Å². The quantitative estimate of drug-likeness (QED) is 0.830. The smallest absolute Gasteiger partial charge is 0.409 e. The summed E-state index contributed by atoms with van der Waals surface area (Å²) >= 11 is 0. The Morgan fingerprint density at radius 2 is 1.86 bits per heavy atom. The molecule has 2 aromatic carbocycles. The fourth-order valence-electron chi connectivity index (χ4n) is 4.22. The highest BCUT2D eigenvalue weighted by Gasteiger charge is 2.41. The van der Waals surface area contributed by atoms with Crippen LogP contribution < -0.4 is 5.32 Å². The Hall–Kier alpha value is -2.86. The molecule has 0 saturated carbocycles. The highest BCUT2D eigenvalue weighted by Crippen LogP contribution is 2.37. The number of nitrogens with one attached hydrogen (secondary N) is 1. The summed E-state index contributed by atoms with van der Waals surface area (Å²) in [7, 11) is 0. The molecule has 6 nitrogen and oxygen atoms in total. The second kappa shape index (κ2) is 8.25. The zero-order valence-corrected chi connectivity index (χ0v) is 16.7. The molecule has 2 aromatic rings. The Bertz CT molecular complexity index is 889. The highest BCUT2D eigenvalue weighted by atomic mass is 16.6. The van der Waals surface area contributed by atoms with Crippen molar-refractivity contribution < 1.29 is 14.6 Å². The predicted molar refractivity (Wildman–Crippen MR) is 112 cm³/mol. The van der Waals surface area contributed by atoms with Gasteiger partial charge in [0.05, 0.1) is 6.61 Å². The first-order valence-electron chi connectivity index (χ1n) is 10.2. The van der Waals surface area contributed by atoms with Crippen molar-refractivity contribution in [3.63, 3.8) is 0 Å². The zero-order chi connectivity index (χ0) is 20.3. The van der Waals surface area contributed by atoms with E-state index < -0.39 is 5.66 Å². The third-order valence-corrected chi connectivity index (χ3v) is 5.73. The van der Waals surface area contributed by atoms with E-state index in [2.05, 4.69) is 17.4 Å². The molecule has 0 aliphatic carbocycles. The van der Waals surface area contributed by atoms with Gasteiger partial charge in [0.1, 0.15) is 11.4 Å². The number of phenolic OH excluding ortho intramolecular Hbond substituents is 1. The second-order valence-corrected chi connectivity index (χ2v) is 7.60. The summed E-state index contributed by atoms with van der Waals surface area (Å²) in [4.78, 5) is 19.0. The summed E-state index contributed by atoms with van der Waals surface area (Å²) in [5, 5.41) is 14.1. The number of nitrogens with zero attached hydrogens (tertiary/aromatic N) is 2. The number of ether oxygens (including phenoxy) is 1. The fourth-order valence-corrected chi connectivity index (χ4v) is 4.22. The summed E-state index contributed by atoms with van der Waals surface area (Å²) in [5.41, 5.74) is 2.55. The minimum absolute atomic E-state index is 0.0435. The van der Waals surface area contributed by atoms with Gasteiger partial charge >= 0.3 is 6.09 Å². The number of carbonyl (C=O) groups excluding carboxylic acids is 1. The number of aromatic hydroxyl groups is 1. The number of hydrogen-bond donors (Lipinski definition) is 2. The molecule has 0 bridgehead atoms. The van der Waals surface area contributed by atoms with Crippen molar-refractivity contribution >= 4 is 11.8 Å². The van der Waals surface area contributed by atoms with Gasteiger partial charge in [-0.3, -0.25) is 10.3 Å². The molecule has 1 fully saturated rings. The standard InChI is InChI=1S/C23H27N3O3/c1-2-29-22(28)26-14-12-23(13-15-26)24-19(17-8-4-3-5-9-17)16-20(25-23)18-10-6-7-11-21(18)27/h3-11,20,25,27H,2,12-16H2,1H3. The van der Waals surface area contributed by atoms with E-state index >= 15 is 0 Å². The van der Waals surface area contributed by atoms with Crippen LogP contribution >= 0.6 is 0 Å². The van der Waals surface area contributed by atoms with Crippen LogP contribution in [0.25, 0.3) is 0 Å². The number of hydrogen-bond acceptors (Lipinski definition) is 5. The SMILES string of the molecule is CCOC(=O)N1CCC2(CC1)N=C(c1ccccc1)CC(c1ccccc1O)N2. The van der Waals surface area contributed by atoms with Crippen molar-refractivity contribution in [3.05, 3.63) is 65.7 Å². The first kappa shape index (κ1) is 19.5. The number of aliphatic imine (C=N–C) groups is 1. The van der Waals surface area contributed by atoms with E-state index in [4.69, 9.17) is 9.73 Å². The number of piperidine rings is 1. The van der Waals surface area contributed by atoms with E-state index in [0.29, 0.717) is 44.7 Å². The molecule has 0 radical (unpaired) electrons. The van der Waals surface area contributed by atoms with Crippen LogP contribution in [0.15, 0.2) is 59.6 Å². The van der Waals surface area contributed by atoms with Crippen molar-refractivity contribution in [2.45, 2.75) is 37.9 Å². The Morgan fingerprint density at radius 1 is 1.17 bits per heavy atom. The van der Waals surface area contributed by atoms with Crippen molar-refractivity contribution in [3.8, 4) is 5.75 Å². The summed E-state index contributed by atoms with van der Waals surface area (Å²) in [6.45, 7) is 3.37. The number of rotatable bonds is 3. The summed E-state index contributed by atoms with van der Waals surface area (Å²) in [5.74, 6) is 0.290. The molecule has 152 valence electrons. The normalized spacial score (nSPS) is 20.9. The van der Waals surface area contributed by atoms with E-state index in [0.717, 1.165) is 16.8 Å². The highest BCUT2D eigenvalue weighted by molar-refractivity contribution is 6.01. The number of amides is 1. The second-order valence-electron chi connectivity index (χ2n) is 7.60. The molecule has 6 heteroatoms. The maximum absolute atomic E-state index is 12.1. The number of phenols is 1. The van der Waals surface area contributed by atoms with Crippen LogP contribution in [-0.4, -0.2) is 47.2 Å². The molecule has 0 aromatic heterocycles. The van der Waals surface area contributed by atoms with Gasteiger partial charge in [0.15, 0.2) is 0 Å². The third kappa shape index (κ3) is 4.12. The monoisotopic (exact) mass is 393 g/mol. The Balaban J connectivity index is 1.63. The molecule has 2 aliphatic heterocycles. The Labute approximate surface area is 171 Å². The molecule has 1 unspecified atom stereocenters. The molecule has 1 amide bonds. The zero-order valence-electron chi connectivity index (χ0n) is 16.7. The summed E-state index contributed by atoms with van der Waals surface area (Å²) in [6, 6.07) is 17.6. The van der Waals surface area contributed by atoms with Gasteiger partial charge in [-0.2, -0.15) is 0 Å². The van der Waals surface area contributed by atoms with Gasteiger partial charge in [-0.05, 0) is 18.6 Å². The number of para-hydroxylation sites is 1. The number of likely N-dealkylation sites (tertiary alicyclic amines) is 1. The van der Waals surface area contributed by atoms with Gasteiger partial charge in [0.25, 0.3) is 0 Å². The van der Waals surface area contributed by atoms with Gasteiger partial charge in [0.2, 0.25) is 0 Å². The molecule has 2 heterocycles. The van der Waals surface area contributed by atoms with Crippen LogP contribution in [0.5, 0.6) is 5.75 Å². The Morgan fingerprint density at radius 3 is 2.55 bits per heavy atom.